The molecular weight excluding hydrogens is 390 g/mol. The average molecular weight is 416 g/mol. The highest BCUT2D eigenvalue weighted by Gasteiger charge is 2.23. The normalized spacial score (nSPS) is 16.9. The molecule has 5 rings (SSSR count). The summed E-state index contributed by atoms with van der Waals surface area (Å²) in [6, 6.07) is 18.8. The van der Waals surface area contributed by atoms with Gasteiger partial charge in [0.1, 0.15) is 22.5 Å². The molecule has 0 aliphatic carbocycles. The number of aromatic nitrogens is 3. The maximum atomic E-state index is 11.0. The third-order valence-corrected chi connectivity index (χ3v) is 7.71. The lowest BCUT2D eigenvalue weighted by Crippen LogP contribution is -2.13. The number of hydrogen-bond donors (Lipinski definition) is 2. The molecule has 5 heteroatoms. The lowest BCUT2D eigenvalue weighted by molar-refractivity contribution is 0.440. The molecule has 0 spiro atoms. The topological polar surface area (TPSA) is 50.9 Å². The van der Waals surface area contributed by atoms with E-state index in [9.17, 15) is 5.11 Å². The number of phenols is 1. The van der Waals surface area contributed by atoms with Gasteiger partial charge >= 0.3 is 0 Å². The maximum absolute atomic E-state index is 11.0. The highest BCUT2D eigenvalue weighted by Crippen LogP contribution is 2.52. The third kappa shape index (κ3) is 3.10. The summed E-state index contributed by atoms with van der Waals surface area (Å²) in [5.74, 6) is 0.241. The number of benzene rings is 3. The second kappa shape index (κ2) is 6.74. The fourth-order valence-electron chi connectivity index (χ4n) is 3.95. The van der Waals surface area contributed by atoms with Crippen LogP contribution in [0, 0.1) is 6.92 Å². The van der Waals surface area contributed by atoms with Gasteiger partial charge in [-0.15, -0.1) is 15.0 Å². The first kappa shape index (κ1) is 18.9. The van der Waals surface area contributed by atoms with Gasteiger partial charge in [-0.25, -0.2) is 0 Å². The molecular formula is C25H25N3OS. The second-order valence-corrected chi connectivity index (χ2v) is 10.9. The Morgan fingerprint density at radius 2 is 1.70 bits per heavy atom. The predicted molar refractivity (Wildman–Crippen MR) is 125 cm³/mol. The van der Waals surface area contributed by atoms with E-state index in [1.165, 1.54) is 15.4 Å². The molecule has 3 aromatic carbocycles. The van der Waals surface area contributed by atoms with Gasteiger partial charge in [0.25, 0.3) is 0 Å². The van der Waals surface area contributed by atoms with E-state index in [2.05, 4.69) is 73.8 Å². The van der Waals surface area contributed by atoms with E-state index in [-0.39, 0.29) is 11.2 Å². The molecule has 0 saturated heterocycles. The van der Waals surface area contributed by atoms with Crippen molar-refractivity contribution in [2.24, 2.45) is 0 Å². The van der Waals surface area contributed by atoms with Crippen LogP contribution >= 0.6 is 10.9 Å². The van der Waals surface area contributed by atoms with Crippen LogP contribution in [0.15, 0.2) is 69.8 Å². The Morgan fingerprint density at radius 3 is 2.50 bits per heavy atom. The Hall–Kier alpha value is -3.05. The van der Waals surface area contributed by atoms with Crippen LogP contribution in [0.2, 0.25) is 0 Å². The first-order valence-corrected chi connectivity index (χ1v) is 11.5. The quantitative estimate of drug-likeness (QED) is 0.387. The summed E-state index contributed by atoms with van der Waals surface area (Å²) in [7, 11) is -0.513. The second-order valence-electron chi connectivity index (χ2n) is 8.84. The Kier molecular flexibility index (Phi) is 4.26. The number of thiol groups is 1. The van der Waals surface area contributed by atoms with Crippen molar-refractivity contribution in [3.8, 4) is 11.4 Å². The first-order chi connectivity index (χ1) is 14.3. The van der Waals surface area contributed by atoms with Gasteiger partial charge in [0.2, 0.25) is 0 Å². The minimum Gasteiger partial charge on any atom is -0.505 e. The smallest absolute Gasteiger partial charge is 0.146 e. The zero-order chi connectivity index (χ0) is 21.0. The van der Waals surface area contributed by atoms with Crippen molar-refractivity contribution in [2.75, 3.05) is 0 Å². The van der Waals surface area contributed by atoms with Gasteiger partial charge in [-0.3, -0.25) is 0 Å². The maximum Gasteiger partial charge on any atom is 0.146 e. The van der Waals surface area contributed by atoms with Crippen LogP contribution in [-0.4, -0.2) is 20.1 Å². The van der Waals surface area contributed by atoms with Gasteiger partial charge in [-0.2, -0.15) is 10.9 Å². The van der Waals surface area contributed by atoms with Crippen molar-refractivity contribution >= 4 is 28.0 Å². The zero-order valence-corrected chi connectivity index (χ0v) is 18.5. The van der Waals surface area contributed by atoms with Gasteiger partial charge < -0.3 is 5.11 Å². The molecule has 0 saturated carbocycles. The van der Waals surface area contributed by atoms with E-state index < -0.39 is 10.9 Å². The Morgan fingerprint density at radius 1 is 0.933 bits per heavy atom. The molecule has 0 amide bonds. The highest BCUT2D eigenvalue weighted by molar-refractivity contribution is 8.20. The molecule has 1 N–H and O–H groups in total. The molecule has 1 unspecified atom stereocenters. The van der Waals surface area contributed by atoms with Crippen LogP contribution in [0.5, 0.6) is 5.75 Å². The molecule has 30 heavy (non-hydrogen) atoms. The molecule has 0 radical (unpaired) electrons. The molecule has 1 atom stereocenters. The molecule has 0 bridgehead atoms. The molecule has 1 aliphatic rings. The Bertz CT molecular complexity index is 1310. The zero-order valence-electron chi connectivity index (χ0n) is 17.6. The van der Waals surface area contributed by atoms with Gasteiger partial charge in [0.15, 0.2) is 0 Å². The monoisotopic (exact) mass is 415 g/mol. The summed E-state index contributed by atoms with van der Waals surface area (Å²) >= 11 is 0. The Labute approximate surface area is 179 Å². The number of aryl methyl sites for hydroxylation is 1. The highest BCUT2D eigenvalue weighted by atomic mass is 32.2. The number of rotatable bonds is 2. The van der Waals surface area contributed by atoms with E-state index in [0.717, 1.165) is 22.2 Å². The lowest BCUT2D eigenvalue weighted by atomic mass is 9.85. The van der Waals surface area contributed by atoms with Crippen molar-refractivity contribution in [2.45, 2.75) is 42.9 Å². The first-order valence-electron chi connectivity index (χ1n) is 10.1. The van der Waals surface area contributed by atoms with E-state index in [1.54, 1.807) is 4.80 Å². The fraction of sp³-hybridized carbons (Fsp3) is 0.200. The molecule has 1 aromatic heterocycles. The average Bonchev–Trinajstić information content (AvgIpc) is 3.32. The summed E-state index contributed by atoms with van der Waals surface area (Å²) in [6.07, 6.45) is 2.21. The number of fused-ring (bicyclic) bond motifs is 2. The molecule has 1 aliphatic heterocycles. The van der Waals surface area contributed by atoms with Gasteiger partial charge in [0, 0.05) is 10.5 Å². The predicted octanol–water partition coefficient (Wildman–Crippen LogP) is 6.14. The number of nitrogens with zero attached hydrogens (tertiary/aromatic N) is 3. The van der Waals surface area contributed by atoms with E-state index in [1.807, 2.05) is 25.1 Å². The molecule has 0 fully saturated rings. The fourth-order valence-corrected chi connectivity index (χ4v) is 6.04. The number of phenolic OH excluding ortho intramolecular Hbond substituents is 1. The van der Waals surface area contributed by atoms with Crippen molar-refractivity contribution in [1.29, 1.82) is 0 Å². The molecule has 152 valence electrons. The minimum atomic E-state index is -0.513. The number of aromatic hydroxyl groups is 1. The van der Waals surface area contributed by atoms with Crippen molar-refractivity contribution < 1.29 is 5.11 Å². The van der Waals surface area contributed by atoms with Gasteiger partial charge in [-0.1, -0.05) is 45.0 Å². The van der Waals surface area contributed by atoms with Crippen LogP contribution in [0.3, 0.4) is 0 Å². The van der Waals surface area contributed by atoms with E-state index in [0.29, 0.717) is 5.69 Å². The van der Waals surface area contributed by atoms with Crippen molar-refractivity contribution in [3.63, 3.8) is 0 Å². The van der Waals surface area contributed by atoms with E-state index in [4.69, 9.17) is 5.10 Å². The lowest BCUT2D eigenvalue weighted by Gasteiger charge is -2.22. The van der Waals surface area contributed by atoms with Crippen LogP contribution in [0.4, 0.5) is 0 Å². The van der Waals surface area contributed by atoms with E-state index >= 15 is 0 Å². The summed E-state index contributed by atoms with van der Waals surface area (Å²) in [5, 5.41) is 22.6. The molecule has 4 aromatic rings. The van der Waals surface area contributed by atoms with Gasteiger partial charge in [0.05, 0.1) is 0 Å². The van der Waals surface area contributed by atoms with Crippen LogP contribution in [-0.2, 0) is 5.41 Å². The third-order valence-electron chi connectivity index (χ3n) is 5.50. The van der Waals surface area contributed by atoms with Crippen molar-refractivity contribution in [1.82, 2.24) is 15.0 Å². The summed E-state index contributed by atoms with van der Waals surface area (Å²) in [6.45, 7) is 8.32. The molecule has 2 heterocycles. The van der Waals surface area contributed by atoms with Gasteiger partial charge in [-0.05, 0) is 70.2 Å². The Balaban J connectivity index is 1.60. The van der Waals surface area contributed by atoms with Crippen LogP contribution < -0.4 is 0 Å². The largest absolute Gasteiger partial charge is 0.505 e. The standard InChI is InChI=1S/C25H25N3OS/c1-16-13-19(25(2,3)4)24(29)22(14-16)28-26-20-10-9-18(15-21(20)27-28)30-12-11-17-7-5-6-8-23(17)30/h5-15,29-30H,1-4H3. The minimum absolute atomic E-state index is 0.171. The van der Waals surface area contributed by atoms with Crippen LogP contribution in [0.25, 0.3) is 22.8 Å². The number of hydrogen-bond acceptors (Lipinski definition) is 3. The SMILES string of the molecule is Cc1cc(-n2nc3ccc([SH]4C=Cc5ccccc54)cc3n2)c(O)c(C(C)(C)C)c1. The van der Waals surface area contributed by atoms with Crippen LogP contribution in [0.1, 0.15) is 37.5 Å². The molecule has 4 nitrogen and oxygen atoms in total. The van der Waals surface area contributed by atoms with Crippen molar-refractivity contribution in [3.05, 3.63) is 76.7 Å². The summed E-state index contributed by atoms with van der Waals surface area (Å²) in [4.78, 5) is 4.21. The summed E-state index contributed by atoms with van der Waals surface area (Å²) < 4.78 is 0. The summed E-state index contributed by atoms with van der Waals surface area (Å²) in [5.41, 5.74) is 5.38.